The van der Waals surface area contributed by atoms with Crippen LogP contribution < -0.4 is 10.1 Å². The number of carbonyl (C=O) groups is 1. The minimum atomic E-state index is -0.0946. The average molecular weight is 378 g/mol. The summed E-state index contributed by atoms with van der Waals surface area (Å²) in [4.78, 5) is 16.6. The van der Waals surface area contributed by atoms with Crippen LogP contribution in [0.15, 0.2) is 48.0 Å². The standard InChI is InChI=1S/C22H22N2O2S/c1-2-3-4-5-6-12-26-19-9-7-8-17(13-19)15-23-22(25)18-10-11-20-21(14-18)27-16-24-20/h7-11,13-14,16H,2-3,6,12,15H2,1H3,(H,23,25). The lowest BCUT2D eigenvalue weighted by Gasteiger charge is -2.08. The van der Waals surface area contributed by atoms with Crippen molar-refractivity contribution in [2.45, 2.75) is 32.7 Å². The molecule has 0 fully saturated rings. The quantitative estimate of drug-likeness (QED) is 0.475. The van der Waals surface area contributed by atoms with Gasteiger partial charge in [0.2, 0.25) is 0 Å². The molecule has 138 valence electrons. The maximum Gasteiger partial charge on any atom is 0.251 e. The lowest BCUT2D eigenvalue weighted by atomic mass is 10.2. The van der Waals surface area contributed by atoms with Crippen LogP contribution in [0.5, 0.6) is 5.75 Å². The number of carbonyl (C=O) groups excluding carboxylic acids is 1. The van der Waals surface area contributed by atoms with Gasteiger partial charge in [0.15, 0.2) is 0 Å². The van der Waals surface area contributed by atoms with E-state index in [1.807, 2.05) is 36.4 Å². The normalized spacial score (nSPS) is 10.3. The third-order valence-corrected chi connectivity index (χ3v) is 4.73. The van der Waals surface area contributed by atoms with E-state index in [1.54, 1.807) is 11.6 Å². The highest BCUT2D eigenvalue weighted by atomic mass is 32.1. The number of nitrogens with one attached hydrogen (secondary N) is 1. The van der Waals surface area contributed by atoms with Gasteiger partial charge in [-0.15, -0.1) is 17.3 Å². The molecule has 1 heterocycles. The number of fused-ring (bicyclic) bond motifs is 1. The molecule has 0 aliphatic heterocycles. The number of hydrogen-bond donors (Lipinski definition) is 1. The van der Waals surface area contributed by atoms with Gasteiger partial charge in [-0.1, -0.05) is 25.0 Å². The number of thiazole rings is 1. The molecule has 3 rings (SSSR count). The number of amides is 1. The van der Waals surface area contributed by atoms with Crippen molar-refractivity contribution < 1.29 is 9.53 Å². The second kappa shape index (κ2) is 9.75. The van der Waals surface area contributed by atoms with Crippen LogP contribution in [0.25, 0.3) is 10.2 Å². The van der Waals surface area contributed by atoms with Gasteiger partial charge in [0.1, 0.15) is 5.75 Å². The van der Waals surface area contributed by atoms with Gasteiger partial charge < -0.3 is 10.1 Å². The van der Waals surface area contributed by atoms with Crippen molar-refractivity contribution in [2.24, 2.45) is 0 Å². The van der Waals surface area contributed by atoms with E-state index in [0.717, 1.165) is 40.8 Å². The molecule has 0 atom stereocenters. The first-order valence-corrected chi connectivity index (χ1v) is 9.93. The zero-order chi connectivity index (χ0) is 18.9. The highest BCUT2D eigenvalue weighted by molar-refractivity contribution is 7.16. The van der Waals surface area contributed by atoms with E-state index in [1.165, 1.54) is 11.3 Å². The van der Waals surface area contributed by atoms with E-state index < -0.39 is 0 Å². The second-order valence-electron chi connectivity index (χ2n) is 6.07. The summed E-state index contributed by atoms with van der Waals surface area (Å²) in [5, 5.41) is 2.96. The molecule has 0 unspecified atom stereocenters. The summed E-state index contributed by atoms with van der Waals surface area (Å²) in [6.45, 7) is 3.14. The molecule has 1 aromatic heterocycles. The number of benzene rings is 2. The molecule has 0 aliphatic rings. The van der Waals surface area contributed by atoms with Gasteiger partial charge >= 0.3 is 0 Å². The van der Waals surface area contributed by atoms with E-state index in [2.05, 4.69) is 29.1 Å². The summed E-state index contributed by atoms with van der Waals surface area (Å²) in [6.07, 6.45) is 2.74. The van der Waals surface area contributed by atoms with Crippen LogP contribution in [-0.4, -0.2) is 17.5 Å². The summed E-state index contributed by atoms with van der Waals surface area (Å²) in [7, 11) is 0. The topological polar surface area (TPSA) is 51.2 Å². The van der Waals surface area contributed by atoms with Crippen LogP contribution in [-0.2, 0) is 6.54 Å². The molecule has 1 N–H and O–H groups in total. The van der Waals surface area contributed by atoms with Crippen molar-refractivity contribution in [1.29, 1.82) is 0 Å². The monoisotopic (exact) mass is 378 g/mol. The molecular weight excluding hydrogens is 356 g/mol. The van der Waals surface area contributed by atoms with Gasteiger partial charge in [-0.05, 0) is 42.3 Å². The van der Waals surface area contributed by atoms with Crippen LogP contribution in [0.2, 0.25) is 0 Å². The number of ether oxygens (including phenoxy) is 1. The lowest BCUT2D eigenvalue weighted by Crippen LogP contribution is -2.22. The number of nitrogens with zero attached hydrogens (tertiary/aromatic N) is 1. The maximum absolute atomic E-state index is 12.4. The second-order valence-corrected chi connectivity index (χ2v) is 6.95. The largest absolute Gasteiger partial charge is 0.493 e. The Labute approximate surface area is 163 Å². The van der Waals surface area contributed by atoms with Gasteiger partial charge in [0.25, 0.3) is 5.91 Å². The number of hydrogen-bond acceptors (Lipinski definition) is 4. The van der Waals surface area contributed by atoms with E-state index >= 15 is 0 Å². The predicted octanol–water partition coefficient (Wildman–Crippen LogP) is 4.80. The summed E-state index contributed by atoms with van der Waals surface area (Å²) in [5.74, 6) is 6.92. The fourth-order valence-electron chi connectivity index (χ4n) is 2.55. The molecule has 0 aliphatic carbocycles. The Hall–Kier alpha value is -2.84. The zero-order valence-corrected chi connectivity index (χ0v) is 16.1. The third-order valence-electron chi connectivity index (χ3n) is 3.94. The molecule has 0 saturated heterocycles. The van der Waals surface area contributed by atoms with Crippen LogP contribution in [0, 0.1) is 11.8 Å². The van der Waals surface area contributed by atoms with Crippen LogP contribution in [0.4, 0.5) is 0 Å². The minimum absolute atomic E-state index is 0.0946. The molecule has 5 heteroatoms. The first-order chi connectivity index (χ1) is 13.3. The number of rotatable bonds is 7. The van der Waals surface area contributed by atoms with Crippen molar-refractivity contribution in [1.82, 2.24) is 10.3 Å². The summed E-state index contributed by atoms with van der Waals surface area (Å²) in [6, 6.07) is 13.3. The summed E-state index contributed by atoms with van der Waals surface area (Å²) >= 11 is 1.53. The average Bonchev–Trinajstić information content (AvgIpc) is 3.17. The molecule has 0 radical (unpaired) electrons. The molecule has 27 heavy (non-hydrogen) atoms. The molecule has 4 nitrogen and oxygen atoms in total. The maximum atomic E-state index is 12.4. The smallest absolute Gasteiger partial charge is 0.251 e. The fraction of sp³-hybridized carbons (Fsp3) is 0.273. The highest BCUT2D eigenvalue weighted by Gasteiger charge is 2.07. The molecule has 0 spiro atoms. The van der Waals surface area contributed by atoms with Crippen molar-refractivity contribution in [3.63, 3.8) is 0 Å². The molecule has 2 aromatic carbocycles. The molecule has 1 amide bonds. The first-order valence-electron chi connectivity index (χ1n) is 9.05. The van der Waals surface area contributed by atoms with Crippen molar-refractivity contribution in [2.75, 3.05) is 6.61 Å². The predicted molar refractivity (Wildman–Crippen MR) is 110 cm³/mol. The zero-order valence-electron chi connectivity index (χ0n) is 15.3. The summed E-state index contributed by atoms with van der Waals surface area (Å²) in [5.41, 5.74) is 4.34. The van der Waals surface area contributed by atoms with Gasteiger partial charge in [-0.2, -0.15) is 0 Å². The van der Waals surface area contributed by atoms with Crippen LogP contribution >= 0.6 is 11.3 Å². The van der Waals surface area contributed by atoms with E-state index in [0.29, 0.717) is 18.7 Å². The SMILES string of the molecule is CCCC#CCCOc1cccc(CNC(=O)c2ccc3ncsc3c2)c1. The van der Waals surface area contributed by atoms with E-state index in [-0.39, 0.29) is 5.91 Å². The highest BCUT2D eigenvalue weighted by Crippen LogP contribution is 2.19. The van der Waals surface area contributed by atoms with Gasteiger partial charge in [0, 0.05) is 24.9 Å². The van der Waals surface area contributed by atoms with E-state index in [4.69, 9.17) is 4.74 Å². The third kappa shape index (κ3) is 5.57. The van der Waals surface area contributed by atoms with Gasteiger partial charge in [-0.25, -0.2) is 4.98 Å². The lowest BCUT2D eigenvalue weighted by molar-refractivity contribution is 0.0951. The fourth-order valence-corrected chi connectivity index (χ4v) is 3.26. The molecule has 0 saturated carbocycles. The molecule has 0 bridgehead atoms. The Morgan fingerprint density at radius 3 is 2.96 bits per heavy atom. The number of unbranched alkanes of at least 4 members (excludes halogenated alkanes) is 1. The Morgan fingerprint density at radius 2 is 2.07 bits per heavy atom. The Kier molecular flexibility index (Phi) is 6.84. The molecule has 3 aromatic rings. The Morgan fingerprint density at radius 1 is 1.19 bits per heavy atom. The Bertz CT molecular complexity index is 969. The number of aromatic nitrogens is 1. The van der Waals surface area contributed by atoms with Crippen molar-refractivity contribution in [3.8, 4) is 17.6 Å². The minimum Gasteiger partial charge on any atom is -0.493 e. The van der Waals surface area contributed by atoms with Gasteiger partial charge in [-0.3, -0.25) is 4.79 Å². The first kappa shape index (κ1) is 18.9. The van der Waals surface area contributed by atoms with E-state index in [9.17, 15) is 4.79 Å². The van der Waals surface area contributed by atoms with Crippen molar-refractivity contribution >= 4 is 27.5 Å². The van der Waals surface area contributed by atoms with Crippen molar-refractivity contribution in [3.05, 3.63) is 59.1 Å². The van der Waals surface area contributed by atoms with Crippen LogP contribution in [0.3, 0.4) is 0 Å². The summed E-state index contributed by atoms with van der Waals surface area (Å²) < 4.78 is 6.75. The Balaban J connectivity index is 1.51. The van der Waals surface area contributed by atoms with Gasteiger partial charge in [0.05, 0.1) is 22.3 Å². The molecular formula is C22H22N2O2S. The van der Waals surface area contributed by atoms with Crippen LogP contribution in [0.1, 0.15) is 42.1 Å².